The van der Waals surface area contributed by atoms with Crippen molar-refractivity contribution in [2.75, 3.05) is 0 Å². The normalized spacial score (nSPS) is 15.9. The van der Waals surface area contributed by atoms with Gasteiger partial charge in [0.15, 0.2) is 0 Å². The first-order valence-corrected chi connectivity index (χ1v) is 5.70. The van der Waals surface area contributed by atoms with Crippen molar-refractivity contribution >= 4 is 11.8 Å². The molecule has 0 bridgehead atoms. The second-order valence-electron chi connectivity index (χ2n) is 4.18. The van der Waals surface area contributed by atoms with E-state index < -0.39 is 0 Å². The van der Waals surface area contributed by atoms with Crippen LogP contribution in [-0.4, -0.2) is 4.92 Å². The smallest absolute Gasteiger partial charge is 0.258 e. The number of rotatable bonds is 2. The number of para-hydroxylation sites is 1. The number of hydrogen-bond acceptors (Lipinski definition) is 2. The Balaban J connectivity index is 2.29. The molecule has 0 heterocycles. The first-order chi connectivity index (χ1) is 7.77. The predicted octanol–water partition coefficient (Wildman–Crippen LogP) is 3.94. The topological polar surface area (TPSA) is 43.1 Å². The van der Waals surface area contributed by atoms with E-state index >= 15 is 0 Å². The standard InChI is InChI=1S/C13H15NO2/c15-14(16)13-9-5-4-8-12(13)10-11-6-2-1-3-7-11/h4-5,8-10H,1-3,6-7H2. The molecule has 1 aromatic carbocycles. The first kappa shape index (κ1) is 10.9. The Morgan fingerprint density at radius 2 is 1.81 bits per heavy atom. The molecule has 16 heavy (non-hydrogen) atoms. The van der Waals surface area contributed by atoms with Gasteiger partial charge in [-0.1, -0.05) is 24.1 Å². The van der Waals surface area contributed by atoms with Crippen molar-refractivity contribution in [3.8, 4) is 0 Å². The first-order valence-electron chi connectivity index (χ1n) is 5.70. The molecule has 0 aliphatic heterocycles. The van der Waals surface area contributed by atoms with Crippen molar-refractivity contribution in [3.63, 3.8) is 0 Å². The maximum Gasteiger partial charge on any atom is 0.276 e. The minimum absolute atomic E-state index is 0.209. The summed E-state index contributed by atoms with van der Waals surface area (Å²) >= 11 is 0. The Bertz CT molecular complexity index is 416. The van der Waals surface area contributed by atoms with E-state index in [2.05, 4.69) is 0 Å². The molecule has 1 saturated carbocycles. The van der Waals surface area contributed by atoms with Crippen molar-refractivity contribution in [2.45, 2.75) is 32.1 Å². The summed E-state index contributed by atoms with van der Waals surface area (Å²) < 4.78 is 0. The van der Waals surface area contributed by atoms with E-state index in [0.717, 1.165) is 18.4 Å². The van der Waals surface area contributed by atoms with Crippen LogP contribution >= 0.6 is 0 Å². The number of allylic oxidation sites excluding steroid dienone is 1. The fourth-order valence-corrected chi connectivity index (χ4v) is 2.15. The van der Waals surface area contributed by atoms with Crippen LogP contribution in [0.1, 0.15) is 37.7 Å². The monoisotopic (exact) mass is 217 g/mol. The summed E-state index contributed by atoms with van der Waals surface area (Å²) in [4.78, 5) is 10.5. The average molecular weight is 217 g/mol. The maximum absolute atomic E-state index is 10.8. The van der Waals surface area contributed by atoms with Gasteiger partial charge in [0.1, 0.15) is 0 Å². The van der Waals surface area contributed by atoms with Crippen LogP contribution in [-0.2, 0) is 0 Å². The van der Waals surface area contributed by atoms with Crippen LogP contribution < -0.4 is 0 Å². The molecule has 0 saturated heterocycles. The fraction of sp³-hybridized carbons (Fsp3) is 0.385. The molecule has 84 valence electrons. The van der Waals surface area contributed by atoms with Gasteiger partial charge in [-0.3, -0.25) is 10.1 Å². The summed E-state index contributed by atoms with van der Waals surface area (Å²) in [6, 6.07) is 6.94. The zero-order chi connectivity index (χ0) is 11.4. The molecule has 3 nitrogen and oxygen atoms in total. The van der Waals surface area contributed by atoms with E-state index in [4.69, 9.17) is 0 Å². The van der Waals surface area contributed by atoms with Gasteiger partial charge >= 0.3 is 0 Å². The molecule has 0 amide bonds. The molecule has 0 N–H and O–H groups in total. The molecule has 0 radical (unpaired) electrons. The quantitative estimate of drug-likeness (QED) is 0.556. The lowest BCUT2D eigenvalue weighted by Gasteiger charge is -2.13. The number of nitro groups is 1. The van der Waals surface area contributed by atoms with Crippen molar-refractivity contribution in [1.82, 2.24) is 0 Å². The van der Waals surface area contributed by atoms with Crippen LogP contribution in [0, 0.1) is 10.1 Å². The molecule has 1 aliphatic rings. The van der Waals surface area contributed by atoms with E-state index in [1.54, 1.807) is 12.1 Å². The molecule has 1 aromatic rings. The van der Waals surface area contributed by atoms with Crippen LogP contribution in [0.3, 0.4) is 0 Å². The fourth-order valence-electron chi connectivity index (χ4n) is 2.15. The minimum Gasteiger partial charge on any atom is -0.258 e. The molecular formula is C13H15NO2. The van der Waals surface area contributed by atoms with Crippen LogP contribution in [0.5, 0.6) is 0 Å². The number of benzene rings is 1. The summed E-state index contributed by atoms with van der Waals surface area (Å²) in [5.41, 5.74) is 2.30. The Morgan fingerprint density at radius 3 is 2.50 bits per heavy atom. The number of nitro benzene ring substituents is 1. The highest BCUT2D eigenvalue weighted by Gasteiger charge is 2.12. The van der Waals surface area contributed by atoms with Crippen LogP contribution in [0.2, 0.25) is 0 Å². The van der Waals surface area contributed by atoms with E-state index in [1.165, 1.54) is 24.8 Å². The van der Waals surface area contributed by atoms with Gasteiger partial charge in [0, 0.05) is 6.07 Å². The van der Waals surface area contributed by atoms with E-state index in [9.17, 15) is 10.1 Å². The van der Waals surface area contributed by atoms with E-state index in [1.807, 2.05) is 18.2 Å². The predicted molar refractivity (Wildman–Crippen MR) is 64.2 cm³/mol. The molecular weight excluding hydrogens is 202 g/mol. The molecule has 0 atom stereocenters. The van der Waals surface area contributed by atoms with Gasteiger partial charge in [-0.2, -0.15) is 0 Å². The van der Waals surface area contributed by atoms with E-state index in [-0.39, 0.29) is 10.6 Å². The van der Waals surface area contributed by atoms with E-state index in [0.29, 0.717) is 0 Å². The number of nitrogens with zero attached hydrogens (tertiary/aromatic N) is 1. The lowest BCUT2D eigenvalue weighted by Crippen LogP contribution is -1.95. The Hall–Kier alpha value is -1.64. The third-order valence-electron chi connectivity index (χ3n) is 2.99. The molecule has 0 unspecified atom stereocenters. The van der Waals surface area contributed by atoms with Crippen LogP contribution in [0.15, 0.2) is 29.8 Å². The van der Waals surface area contributed by atoms with Gasteiger partial charge in [0.2, 0.25) is 0 Å². The SMILES string of the molecule is O=[N+]([O-])c1ccccc1C=C1CCCCC1. The maximum atomic E-state index is 10.8. The molecule has 2 rings (SSSR count). The minimum atomic E-state index is -0.310. The molecule has 3 heteroatoms. The Kier molecular flexibility index (Phi) is 3.34. The van der Waals surface area contributed by atoms with Crippen LogP contribution in [0.4, 0.5) is 5.69 Å². The van der Waals surface area contributed by atoms with Gasteiger partial charge in [0.25, 0.3) is 5.69 Å². The largest absolute Gasteiger partial charge is 0.276 e. The summed E-state index contributed by atoms with van der Waals surface area (Å²) in [7, 11) is 0. The highest BCUT2D eigenvalue weighted by atomic mass is 16.6. The Labute approximate surface area is 94.9 Å². The van der Waals surface area contributed by atoms with Gasteiger partial charge in [0.05, 0.1) is 10.5 Å². The van der Waals surface area contributed by atoms with Crippen LogP contribution in [0.25, 0.3) is 6.08 Å². The summed E-state index contributed by atoms with van der Waals surface area (Å²) in [6.07, 6.45) is 7.89. The zero-order valence-electron chi connectivity index (χ0n) is 9.19. The molecule has 1 aliphatic carbocycles. The summed E-state index contributed by atoms with van der Waals surface area (Å²) in [5, 5.41) is 10.8. The second kappa shape index (κ2) is 4.92. The van der Waals surface area contributed by atoms with Crippen molar-refractivity contribution in [3.05, 3.63) is 45.5 Å². The highest BCUT2D eigenvalue weighted by molar-refractivity contribution is 5.62. The third-order valence-corrected chi connectivity index (χ3v) is 2.99. The highest BCUT2D eigenvalue weighted by Crippen LogP contribution is 2.27. The zero-order valence-corrected chi connectivity index (χ0v) is 9.19. The second-order valence-corrected chi connectivity index (χ2v) is 4.18. The molecule has 1 fully saturated rings. The van der Waals surface area contributed by atoms with Gasteiger partial charge in [-0.15, -0.1) is 0 Å². The lowest BCUT2D eigenvalue weighted by molar-refractivity contribution is -0.385. The number of hydrogen-bond donors (Lipinski definition) is 0. The Morgan fingerprint density at radius 1 is 1.12 bits per heavy atom. The van der Waals surface area contributed by atoms with Crippen molar-refractivity contribution < 1.29 is 4.92 Å². The summed E-state index contributed by atoms with van der Waals surface area (Å²) in [5.74, 6) is 0. The van der Waals surface area contributed by atoms with Crippen molar-refractivity contribution in [1.29, 1.82) is 0 Å². The lowest BCUT2D eigenvalue weighted by atomic mass is 9.93. The third kappa shape index (κ3) is 2.48. The average Bonchev–Trinajstić information content (AvgIpc) is 2.31. The molecule has 0 aromatic heterocycles. The van der Waals surface area contributed by atoms with Gasteiger partial charge in [-0.25, -0.2) is 0 Å². The summed E-state index contributed by atoms with van der Waals surface area (Å²) in [6.45, 7) is 0. The van der Waals surface area contributed by atoms with Gasteiger partial charge < -0.3 is 0 Å². The molecule has 0 spiro atoms. The van der Waals surface area contributed by atoms with Crippen molar-refractivity contribution in [2.24, 2.45) is 0 Å². The van der Waals surface area contributed by atoms with Gasteiger partial charge in [-0.05, 0) is 37.8 Å².